The fourth-order valence-corrected chi connectivity index (χ4v) is 4.12. The monoisotopic (exact) mass is 538 g/mol. The largest absolute Gasteiger partial charge is 0.382 e. The Hall–Kier alpha value is -4.88. The van der Waals surface area contributed by atoms with Crippen molar-refractivity contribution in [2.24, 2.45) is 5.73 Å². The molecule has 10 heteroatoms. The van der Waals surface area contributed by atoms with Crippen LogP contribution in [0.25, 0.3) is 11.3 Å². The Bertz CT molecular complexity index is 1500. The molecule has 0 aliphatic carbocycles. The number of benzene rings is 2. The topological polar surface area (TPSA) is 156 Å². The number of hydrogen-bond acceptors (Lipinski definition) is 8. The van der Waals surface area contributed by atoms with Crippen LogP contribution in [0.2, 0.25) is 0 Å². The van der Waals surface area contributed by atoms with Crippen molar-refractivity contribution in [2.45, 2.75) is 38.8 Å². The van der Waals surface area contributed by atoms with Gasteiger partial charge in [-0.05, 0) is 62.1 Å². The minimum absolute atomic E-state index is 0.240. The van der Waals surface area contributed by atoms with Crippen LogP contribution in [0.5, 0.6) is 0 Å². The van der Waals surface area contributed by atoms with Gasteiger partial charge in [-0.1, -0.05) is 36.4 Å². The number of aryl methyl sites for hydroxylation is 1. The van der Waals surface area contributed by atoms with Gasteiger partial charge in [-0.25, -0.2) is 19.3 Å². The molecule has 6 N–H and O–H groups in total. The quantitative estimate of drug-likeness (QED) is 0.203. The number of nitrogen functional groups attached to an aromatic ring is 1. The zero-order chi connectivity index (χ0) is 28.5. The lowest BCUT2D eigenvalue weighted by molar-refractivity contribution is 0.0940. The molecule has 4 aromatic rings. The van der Waals surface area contributed by atoms with Crippen LogP contribution in [0.1, 0.15) is 58.5 Å². The van der Waals surface area contributed by atoms with Gasteiger partial charge in [0.1, 0.15) is 23.5 Å². The first-order valence-electron chi connectivity index (χ1n) is 13.0. The third-order valence-electron chi connectivity index (χ3n) is 6.43. The summed E-state index contributed by atoms with van der Waals surface area (Å²) in [6.45, 7) is 2.82. The van der Waals surface area contributed by atoms with Crippen molar-refractivity contribution in [3.05, 3.63) is 101 Å². The molecule has 1 unspecified atom stereocenters. The molecule has 4 rings (SSSR count). The van der Waals surface area contributed by atoms with Crippen molar-refractivity contribution >= 4 is 17.5 Å². The van der Waals surface area contributed by atoms with E-state index in [1.807, 2.05) is 30.3 Å². The SMILES string of the molecule is CC(NC(=O)c1cc(C#N)cnc1NCc1ccc(-c2cnc(N)c(CCCCN)n2)cc1)c1ccc(F)cc1. The number of nitriles is 1. The number of nitrogens with two attached hydrogens (primary N) is 2. The Morgan fingerprint density at radius 1 is 1.07 bits per heavy atom. The van der Waals surface area contributed by atoms with E-state index in [1.165, 1.54) is 24.4 Å². The summed E-state index contributed by atoms with van der Waals surface area (Å²) in [7, 11) is 0. The summed E-state index contributed by atoms with van der Waals surface area (Å²) >= 11 is 0. The van der Waals surface area contributed by atoms with E-state index in [1.54, 1.807) is 25.3 Å². The lowest BCUT2D eigenvalue weighted by Crippen LogP contribution is -2.28. The smallest absolute Gasteiger partial charge is 0.255 e. The Balaban J connectivity index is 1.45. The Labute approximate surface area is 232 Å². The van der Waals surface area contributed by atoms with Crippen molar-refractivity contribution in [1.82, 2.24) is 20.3 Å². The summed E-state index contributed by atoms with van der Waals surface area (Å²) in [4.78, 5) is 26.4. The van der Waals surface area contributed by atoms with E-state index < -0.39 is 5.91 Å². The lowest BCUT2D eigenvalue weighted by atomic mass is 10.1. The summed E-state index contributed by atoms with van der Waals surface area (Å²) in [6.07, 6.45) is 5.60. The molecule has 1 amide bonds. The van der Waals surface area contributed by atoms with Crippen LogP contribution in [0.3, 0.4) is 0 Å². The number of aromatic nitrogens is 3. The normalized spacial score (nSPS) is 11.4. The molecule has 2 heterocycles. The number of nitrogens with zero attached hydrogens (tertiary/aromatic N) is 4. The van der Waals surface area contributed by atoms with Crippen LogP contribution in [-0.4, -0.2) is 27.4 Å². The minimum Gasteiger partial charge on any atom is -0.382 e. The average Bonchev–Trinajstić information content (AvgIpc) is 2.97. The van der Waals surface area contributed by atoms with Crippen LogP contribution >= 0.6 is 0 Å². The molecule has 0 bridgehead atoms. The molecule has 9 nitrogen and oxygen atoms in total. The zero-order valence-electron chi connectivity index (χ0n) is 22.2. The van der Waals surface area contributed by atoms with Crippen LogP contribution < -0.4 is 22.1 Å². The second-order valence-corrected chi connectivity index (χ2v) is 9.36. The van der Waals surface area contributed by atoms with Crippen molar-refractivity contribution in [1.29, 1.82) is 5.26 Å². The van der Waals surface area contributed by atoms with Gasteiger partial charge in [-0.3, -0.25) is 4.79 Å². The molecule has 0 fully saturated rings. The van der Waals surface area contributed by atoms with Gasteiger partial charge in [0, 0.05) is 18.3 Å². The van der Waals surface area contributed by atoms with Crippen LogP contribution in [-0.2, 0) is 13.0 Å². The third-order valence-corrected chi connectivity index (χ3v) is 6.43. The first-order chi connectivity index (χ1) is 19.4. The van der Waals surface area contributed by atoms with Gasteiger partial charge in [0.2, 0.25) is 0 Å². The molecule has 40 heavy (non-hydrogen) atoms. The molecule has 0 saturated heterocycles. The molecule has 2 aromatic carbocycles. The molecular formula is C30H31FN8O. The third kappa shape index (κ3) is 7.15. The summed E-state index contributed by atoms with van der Waals surface area (Å²) in [5.41, 5.74) is 16.2. The van der Waals surface area contributed by atoms with Gasteiger partial charge in [-0.15, -0.1) is 0 Å². The standard InChI is InChI=1S/C30H31FN8O/c1-19(22-9-11-24(31)12-10-22)38-30(40)25-14-21(15-33)17-37-29(25)36-16-20-5-7-23(8-6-20)27-18-35-28(34)26(39-27)4-2-3-13-32/h5-12,14,17-19H,2-4,13,16,32H2,1H3,(H2,34,35)(H,36,37)(H,38,40). The maximum absolute atomic E-state index is 13.3. The Kier molecular flexibility index (Phi) is 9.33. The van der Waals surface area contributed by atoms with Crippen molar-refractivity contribution in [3.8, 4) is 17.3 Å². The van der Waals surface area contributed by atoms with E-state index in [2.05, 4.69) is 20.6 Å². The van der Waals surface area contributed by atoms with Gasteiger partial charge in [0.05, 0.1) is 34.8 Å². The molecule has 0 radical (unpaired) electrons. The number of halogens is 1. The highest BCUT2D eigenvalue weighted by Gasteiger charge is 2.17. The summed E-state index contributed by atoms with van der Waals surface area (Å²) in [5, 5.41) is 15.4. The molecule has 0 spiro atoms. The van der Waals surface area contributed by atoms with Gasteiger partial charge >= 0.3 is 0 Å². The minimum atomic E-state index is -0.400. The van der Waals surface area contributed by atoms with Crippen molar-refractivity contribution < 1.29 is 9.18 Å². The van der Waals surface area contributed by atoms with Crippen molar-refractivity contribution in [3.63, 3.8) is 0 Å². The Morgan fingerprint density at radius 2 is 1.82 bits per heavy atom. The van der Waals surface area contributed by atoms with Gasteiger partial charge in [-0.2, -0.15) is 5.26 Å². The van der Waals surface area contributed by atoms with E-state index in [9.17, 15) is 14.4 Å². The predicted octanol–water partition coefficient (Wildman–Crippen LogP) is 4.52. The van der Waals surface area contributed by atoms with Crippen LogP contribution in [0.4, 0.5) is 16.0 Å². The maximum Gasteiger partial charge on any atom is 0.255 e. The number of pyridine rings is 1. The molecule has 1 atom stereocenters. The summed E-state index contributed by atoms with van der Waals surface area (Å²) < 4.78 is 13.3. The number of carbonyl (C=O) groups is 1. The van der Waals surface area contributed by atoms with Gasteiger partial charge < -0.3 is 22.1 Å². The van der Waals surface area contributed by atoms with E-state index in [0.717, 1.165) is 47.3 Å². The molecule has 0 aliphatic heterocycles. The fraction of sp³-hybridized carbons (Fsp3) is 0.233. The van der Waals surface area contributed by atoms with E-state index >= 15 is 0 Å². The van der Waals surface area contributed by atoms with Crippen molar-refractivity contribution in [2.75, 3.05) is 17.6 Å². The second kappa shape index (κ2) is 13.3. The highest BCUT2D eigenvalue weighted by molar-refractivity contribution is 5.99. The first-order valence-corrected chi connectivity index (χ1v) is 13.0. The zero-order valence-corrected chi connectivity index (χ0v) is 22.2. The number of rotatable bonds is 11. The maximum atomic E-state index is 13.3. The second-order valence-electron chi connectivity index (χ2n) is 9.36. The molecule has 2 aromatic heterocycles. The number of nitrogens with one attached hydrogen (secondary N) is 2. The first kappa shape index (κ1) is 28.1. The van der Waals surface area contributed by atoms with E-state index in [-0.39, 0.29) is 23.0 Å². The summed E-state index contributed by atoms with van der Waals surface area (Å²) in [6, 6.07) is 16.9. The average molecular weight is 539 g/mol. The fourth-order valence-electron chi connectivity index (χ4n) is 4.12. The number of hydrogen-bond donors (Lipinski definition) is 4. The van der Waals surface area contributed by atoms with E-state index in [0.29, 0.717) is 24.7 Å². The molecule has 0 aliphatic rings. The number of unbranched alkanes of at least 4 members (excludes halogenated alkanes) is 1. The predicted molar refractivity (Wildman–Crippen MR) is 152 cm³/mol. The molecule has 204 valence electrons. The molecule has 0 saturated carbocycles. The highest BCUT2D eigenvalue weighted by atomic mass is 19.1. The van der Waals surface area contributed by atoms with Crippen LogP contribution in [0.15, 0.2) is 67.0 Å². The van der Waals surface area contributed by atoms with Gasteiger partial charge in [0.25, 0.3) is 5.91 Å². The molecular weight excluding hydrogens is 507 g/mol. The lowest BCUT2D eigenvalue weighted by Gasteiger charge is -2.16. The number of anilines is 2. The van der Waals surface area contributed by atoms with Crippen LogP contribution in [0, 0.1) is 17.1 Å². The number of amides is 1. The Morgan fingerprint density at radius 3 is 2.52 bits per heavy atom. The highest BCUT2D eigenvalue weighted by Crippen LogP contribution is 2.22. The summed E-state index contributed by atoms with van der Waals surface area (Å²) in [5.74, 6) is 0.0301. The number of carbonyl (C=O) groups excluding carboxylic acids is 1. The van der Waals surface area contributed by atoms with Gasteiger partial charge in [0.15, 0.2) is 0 Å². The van der Waals surface area contributed by atoms with E-state index in [4.69, 9.17) is 16.5 Å².